The zero-order valence-corrected chi connectivity index (χ0v) is 27.0. The number of rotatable bonds is 8. The number of aromatic carboxylic acids is 1. The molecule has 0 radical (unpaired) electrons. The maximum Gasteiger partial charge on any atom is 0.408 e. The number of methoxy groups -OCH3 is 1. The number of nitro groups is 1. The lowest BCUT2D eigenvalue weighted by Crippen LogP contribution is -2.32. The number of amides is 2. The summed E-state index contributed by atoms with van der Waals surface area (Å²) in [5, 5.41) is 25.7. The van der Waals surface area contributed by atoms with Gasteiger partial charge in [0.25, 0.3) is 15.7 Å². The Balaban J connectivity index is 2.54. The van der Waals surface area contributed by atoms with Crippen LogP contribution in [0.15, 0.2) is 35.2 Å². The van der Waals surface area contributed by atoms with Gasteiger partial charge in [-0.1, -0.05) is 23.7 Å². The minimum atomic E-state index is -4.66. The van der Waals surface area contributed by atoms with Gasteiger partial charge >= 0.3 is 18.2 Å². The van der Waals surface area contributed by atoms with Crippen molar-refractivity contribution >= 4 is 39.6 Å². The van der Waals surface area contributed by atoms with Crippen LogP contribution in [-0.2, 0) is 19.5 Å². The van der Waals surface area contributed by atoms with Crippen molar-refractivity contribution in [1.82, 2.24) is 10.6 Å². The number of hydrogen-bond donors (Lipinski definition) is 4. The molecular formula is C30H34N4O11S. The van der Waals surface area contributed by atoms with Gasteiger partial charge in [-0.05, 0) is 65.8 Å². The van der Waals surface area contributed by atoms with Gasteiger partial charge in [-0.25, -0.2) is 22.8 Å². The summed E-state index contributed by atoms with van der Waals surface area (Å²) < 4.78 is 44.6. The molecule has 0 saturated carbocycles. The molecule has 0 unspecified atom stereocenters. The standard InChI is InChI=1S/C30H34N4O11S/c1-29(2,3)44-27(37)31-14-8-10-19-16-22(17-20(25(19)43-7)11-9-15-32-28(38)45-30(4,5)6)33-46(41,42)24-13-12-21(26(35)36)18-23(24)34(39)40/h12-13,16-18,33H,14-15H2,1-7H3,(H,31,37)(H,32,38)(H,35,36). The normalized spacial score (nSPS) is 11.0. The Labute approximate surface area is 266 Å². The first kappa shape index (κ1) is 36.7. The molecule has 0 saturated heterocycles. The summed E-state index contributed by atoms with van der Waals surface area (Å²) in [6.07, 6.45) is -1.43. The highest BCUT2D eigenvalue weighted by molar-refractivity contribution is 7.92. The third kappa shape index (κ3) is 11.5. The molecule has 2 rings (SSSR count). The summed E-state index contributed by atoms with van der Waals surface area (Å²) in [4.78, 5) is 45.0. The van der Waals surface area contributed by atoms with Gasteiger partial charge in [-0.3, -0.25) is 14.8 Å². The minimum Gasteiger partial charge on any atom is -0.494 e. The zero-order valence-electron chi connectivity index (χ0n) is 26.2. The van der Waals surface area contributed by atoms with Crippen molar-refractivity contribution in [3.8, 4) is 29.4 Å². The number of carboxylic acids is 1. The summed E-state index contributed by atoms with van der Waals surface area (Å²) in [7, 11) is -3.34. The second kappa shape index (κ2) is 15.0. The van der Waals surface area contributed by atoms with Gasteiger partial charge in [0.05, 0.1) is 47.5 Å². The zero-order chi connectivity index (χ0) is 34.9. The first-order valence-electron chi connectivity index (χ1n) is 13.4. The number of hydrogen-bond acceptors (Lipinski definition) is 10. The average Bonchev–Trinajstić information content (AvgIpc) is 2.90. The Kier molecular flexibility index (Phi) is 12.0. The molecule has 0 aliphatic carbocycles. The summed E-state index contributed by atoms with van der Waals surface area (Å²) in [6, 6.07) is 4.91. The van der Waals surface area contributed by atoms with Crippen LogP contribution in [0.1, 0.15) is 63.0 Å². The maximum atomic E-state index is 13.3. The number of carboxylic acid groups (broad SMARTS) is 1. The van der Waals surface area contributed by atoms with Gasteiger partial charge in [-0.15, -0.1) is 0 Å². The fourth-order valence-electron chi connectivity index (χ4n) is 3.46. The first-order chi connectivity index (χ1) is 21.2. The molecule has 2 aromatic carbocycles. The van der Waals surface area contributed by atoms with Crippen LogP contribution in [-0.4, -0.2) is 68.0 Å². The highest BCUT2D eigenvalue weighted by Crippen LogP contribution is 2.31. The van der Waals surface area contributed by atoms with Crippen LogP contribution in [0.5, 0.6) is 5.75 Å². The van der Waals surface area contributed by atoms with E-state index in [1.807, 2.05) is 0 Å². The van der Waals surface area contributed by atoms with E-state index in [0.29, 0.717) is 6.07 Å². The van der Waals surface area contributed by atoms with E-state index in [1.54, 1.807) is 41.5 Å². The largest absolute Gasteiger partial charge is 0.494 e. The molecule has 0 aliphatic heterocycles. The van der Waals surface area contributed by atoms with E-state index < -0.39 is 60.5 Å². The summed E-state index contributed by atoms with van der Waals surface area (Å²) >= 11 is 0. The molecular weight excluding hydrogens is 624 g/mol. The molecule has 0 aliphatic rings. The fourth-order valence-corrected chi connectivity index (χ4v) is 4.66. The van der Waals surface area contributed by atoms with Crippen LogP contribution in [0.2, 0.25) is 0 Å². The molecule has 15 nitrogen and oxygen atoms in total. The van der Waals surface area contributed by atoms with E-state index in [9.17, 15) is 38.0 Å². The van der Waals surface area contributed by atoms with E-state index in [0.717, 1.165) is 12.1 Å². The van der Waals surface area contributed by atoms with Crippen LogP contribution in [0.4, 0.5) is 21.0 Å². The Morgan fingerprint density at radius 1 is 0.891 bits per heavy atom. The monoisotopic (exact) mass is 658 g/mol. The predicted octanol–water partition coefficient (Wildman–Crippen LogP) is 3.85. The molecule has 4 N–H and O–H groups in total. The van der Waals surface area contributed by atoms with E-state index >= 15 is 0 Å². The van der Waals surface area contributed by atoms with Crippen molar-refractivity contribution in [2.24, 2.45) is 0 Å². The number of ether oxygens (including phenoxy) is 3. The first-order valence-corrected chi connectivity index (χ1v) is 14.9. The van der Waals surface area contributed by atoms with Crippen molar-refractivity contribution in [3.63, 3.8) is 0 Å². The van der Waals surface area contributed by atoms with E-state index in [1.165, 1.54) is 19.2 Å². The number of sulfonamides is 1. The lowest BCUT2D eigenvalue weighted by atomic mass is 10.1. The summed E-state index contributed by atoms with van der Waals surface area (Å²) in [6.45, 7) is 9.83. The number of alkyl carbamates (subject to hydrolysis) is 2. The van der Waals surface area contributed by atoms with Gasteiger partial charge in [-0.2, -0.15) is 0 Å². The molecule has 0 bridgehead atoms. The smallest absolute Gasteiger partial charge is 0.408 e. The maximum absolute atomic E-state index is 13.3. The molecule has 0 fully saturated rings. The van der Waals surface area contributed by atoms with Gasteiger partial charge < -0.3 is 30.0 Å². The third-order valence-electron chi connectivity index (χ3n) is 5.12. The minimum absolute atomic E-state index is 0.119. The van der Waals surface area contributed by atoms with E-state index in [4.69, 9.17) is 14.2 Å². The highest BCUT2D eigenvalue weighted by Gasteiger charge is 2.28. The molecule has 2 amide bonds. The van der Waals surface area contributed by atoms with Crippen LogP contribution in [0.3, 0.4) is 0 Å². The van der Waals surface area contributed by atoms with Crippen LogP contribution >= 0.6 is 0 Å². The van der Waals surface area contributed by atoms with Crippen molar-refractivity contribution in [1.29, 1.82) is 0 Å². The predicted molar refractivity (Wildman–Crippen MR) is 166 cm³/mol. The molecule has 46 heavy (non-hydrogen) atoms. The van der Waals surface area contributed by atoms with E-state index in [-0.39, 0.29) is 35.7 Å². The number of carbonyl (C=O) groups is 3. The molecule has 0 spiro atoms. The van der Waals surface area contributed by atoms with Gasteiger partial charge in [0, 0.05) is 6.07 Å². The Morgan fingerprint density at radius 2 is 1.37 bits per heavy atom. The lowest BCUT2D eigenvalue weighted by Gasteiger charge is -2.19. The highest BCUT2D eigenvalue weighted by atomic mass is 32.2. The molecule has 0 aromatic heterocycles. The Bertz CT molecular complexity index is 1680. The van der Waals surface area contributed by atoms with Gasteiger partial charge in [0.2, 0.25) is 0 Å². The number of benzene rings is 2. The lowest BCUT2D eigenvalue weighted by molar-refractivity contribution is -0.387. The second-order valence-corrected chi connectivity index (χ2v) is 12.9. The number of nitrogens with one attached hydrogen (secondary N) is 3. The van der Waals surface area contributed by atoms with Gasteiger partial charge in [0.15, 0.2) is 4.90 Å². The SMILES string of the molecule is COc1c(C#CCNC(=O)OC(C)(C)C)cc(NS(=O)(=O)c2ccc(C(=O)O)cc2[N+](=O)[O-])cc1C#CCNC(=O)OC(C)(C)C. The molecule has 2 aromatic rings. The summed E-state index contributed by atoms with van der Waals surface area (Å²) in [5.41, 5.74) is -2.80. The van der Waals surface area contributed by atoms with E-state index in [2.05, 4.69) is 39.0 Å². The average molecular weight is 659 g/mol. The summed E-state index contributed by atoms with van der Waals surface area (Å²) in [5.74, 6) is 9.56. The van der Waals surface area contributed by atoms with Crippen LogP contribution in [0.25, 0.3) is 0 Å². The Morgan fingerprint density at radius 3 is 1.76 bits per heavy atom. The Hall–Kier alpha value is -5.48. The van der Waals surface area contributed by atoms with Crippen molar-refractivity contribution in [2.45, 2.75) is 57.6 Å². The van der Waals surface area contributed by atoms with Crippen molar-refractivity contribution in [2.75, 3.05) is 24.9 Å². The topological polar surface area (TPSA) is 212 Å². The molecule has 0 heterocycles. The molecule has 0 atom stereocenters. The molecule has 246 valence electrons. The second-order valence-electron chi connectivity index (χ2n) is 11.3. The molecule has 16 heteroatoms. The number of nitrogens with zero attached hydrogens (tertiary/aromatic N) is 1. The van der Waals surface area contributed by atoms with Crippen molar-refractivity contribution < 1.29 is 47.0 Å². The number of nitro benzene ring substituents is 1. The van der Waals surface area contributed by atoms with Crippen molar-refractivity contribution in [3.05, 3.63) is 57.1 Å². The quantitative estimate of drug-likeness (QED) is 0.182. The van der Waals surface area contributed by atoms with Crippen LogP contribution < -0.4 is 20.1 Å². The van der Waals surface area contributed by atoms with Gasteiger partial charge in [0.1, 0.15) is 17.0 Å². The fraction of sp³-hybridized carbons (Fsp3) is 0.367. The third-order valence-corrected chi connectivity index (χ3v) is 6.55. The number of anilines is 1. The van der Waals surface area contributed by atoms with Crippen LogP contribution in [0, 0.1) is 33.8 Å². The number of carbonyl (C=O) groups excluding carboxylic acids is 2.